The molecule has 3 unspecified atom stereocenters. The summed E-state index contributed by atoms with van der Waals surface area (Å²) in [6.45, 7) is 4.09. The summed E-state index contributed by atoms with van der Waals surface area (Å²) in [6, 6.07) is 33.6. The van der Waals surface area contributed by atoms with E-state index in [1.807, 2.05) is 12.4 Å². The number of H-pyrrole nitrogens is 1. The Hall–Kier alpha value is -4.22. The molecule has 1 saturated carbocycles. The highest BCUT2D eigenvalue weighted by Gasteiger charge is 2.37. The molecule has 200 valence electrons. The first kappa shape index (κ1) is 24.8. The number of aryl methyl sites for hydroxylation is 1. The third-order valence-electron chi connectivity index (χ3n) is 8.72. The second-order valence-electron chi connectivity index (χ2n) is 11.3. The Kier molecular flexibility index (Phi) is 6.66. The number of aromatic amines is 1. The number of rotatable bonds is 7. The summed E-state index contributed by atoms with van der Waals surface area (Å²) in [5, 5.41) is 0. The molecule has 5 nitrogen and oxygen atoms in total. The zero-order chi connectivity index (χ0) is 26.9. The molecule has 3 atom stereocenters. The molecule has 0 saturated heterocycles. The van der Waals surface area contributed by atoms with E-state index in [9.17, 15) is 0 Å². The minimum absolute atomic E-state index is 0.338. The molecule has 0 amide bonds. The molecule has 5 heteroatoms. The fourth-order valence-electron chi connectivity index (χ4n) is 6.81. The summed E-state index contributed by atoms with van der Waals surface area (Å²) in [5.41, 5.74) is 9.70. The van der Waals surface area contributed by atoms with Crippen molar-refractivity contribution in [2.45, 2.75) is 57.2 Å². The number of hydrogen-bond acceptors (Lipinski definition) is 3. The van der Waals surface area contributed by atoms with Crippen molar-refractivity contribution in [3.63, 3.8) is 0 Å². The fourth-order valence-corrected chi connectivity index (χ4v) is 6.81. The van der Waals surface area contributed by atoms with Crippen LogP contribution in [0.25, 0.3) is 16.8 Å². The van der Waals surface area contributed by atoms with Crippen LogP contribution < -0.4 is 0 Å². The summed E-state index contributed by atoms with van der Waals surface area (Å²) in [4.78, 5) is 15.5. The van der Waals surface area contributed by atoms with Crippen LogP contribution in [0.3, 0.4) is 0 Å². The zero-order valence-corrected chi connectivity index (χ0v) is 22.9. The first-order chi connectivity index (χ1) is 19.7. The van der Waals surface area contributed by atoms with Crippen LogP contribution in [0.15, 0.2) is 110 Å². The van der Waals surface area contributed by atoms with Crippen molar-refractivity contribution in [3.8, 4) is 0 Å². The lowest BCUT2D eigenvalue weighted by molar-refractivity contribution is 0.122. The highest BCUT2D eigenvalue weighted by Crippen LogP contribution is 2.46. The molecular weight excluding hydrogens is 490 g/mol. The van der Waals surface area contributed by atoms with Crippen molar-refractivity contribution in [2.24, 2.45) is 0 Å². The van der Waals surface area contributed by atoms with E-state index in [1.54, 1.807) is 0 Å². The molecule has 1 fully saturated rings. The quantitative estimate of drug-likeness (QED) is 0.233. The summed E-state index contributed by atoms with van der Waals surface area (Å²) in [7, 11) is 0. The van der Waals surface area contributed by atoms with E-state index in [4.69, 9.17) is 4.98 Å². The van der Waals surface area contributed by atoms with E-state index in [1.165, 1.54) is 34.4 Å². The van der Waals surface area contributed by atoms with Gasteiger partial charge in [0.25, 0.3) is 0 Å². The molecule has 40 heavy (non-hydrogen) atoms. The molecule has 1 aliphatic carbocycles. The second kappa shape index (κ2) is 10.7. The Morgan fingerprint density at radius 1 is 0.800 bits per heavy atom. The van der Waals surface area contributed by atoms with Crippen LogP contribution in [0.4, 0.5) is 0 Å². The van der Waals surface area contributed by atoms with Gasteiger partial charge in [-0.2, -0.15) is 0 Å². The lowest BCUT2D eigenvalue weighted by Crippen LogP contribution is -2.39. The van der Waals surface area contributed by atoms with Gasteiger partial charge in [-0.1, -0.05) is 90.5 Å². The third-order valence-corrected chi connectivity index (χ3v) is 8.72. The normalized spacial score (nSPS) is 19.5. The highest BCUT2D eigenvalue weighted by molar-refractivity contribution is 5.74. The predicted octanol–water partition coefficient (Wildman–Crippen LogP) is 7.64. The molecule has 0 bridgehead atoms. The molecule has 7 rings (SSSR count). The molecule has 1 aliphatic rings. The number of nitrogens with zero attached hydrogens (tertiary/aromatic N) is 4. The van der Waals surface area contributed by atoms with Crippen LogP contribution in [0.2, 0.25) is 0 Å². The SMILES string of the molecule is Cc1cccc(C2CCC(N(Cc3ccccc3)Cc3ccccc3)CC2c2cnc3cnc4[nH]ccc4n23)c1. The number of nitrogens with one attached hydrogen (secondary N) is 1. The van der Waals surface area contributed by atoms with Crippen LogP contribution in [-0.4, -0.2) is 30.3 Å². The van der Waals surface area contributed by atoms with Crippen LogP contribution in [0.5, 0.6) is 0 Å². The Morgan fingerprint density at radius 2 is 1.55 bits per heavy atom. The van der Waals surface area contributed by atoms with Gasteiger partial charge in [0.2, 0.25) is 0 Å². The number of benzene rings is 3. The molecule has 0 spiro atoms. The average molecular weight is 526 g/mol. The monoisotopic (exact) mass is 525 g/mol. The Morgan fingerprint density at radius 3 is 2.27 bits per heavy atom. The first-order valence-electron chi connectivity index (χ1n) is 14.4. The van der Waals surface area contributed by atoms with Gasteiger partial charge in [0.1, 0.15) is 0 Å². The lowest BCUT2D eigenvalue weighted by Gasteiger charge is -2.42. The highest BCUT2D eigenvalue weighted by atomic mass is 15.2. The topological polar surface area (TPSA) is 49.2 Å². The van der Waals surface area contributed by atoms with Crippen LogP contribution in [0, 0.1) is 6.92 Å². The predicted molar refractivity (Wildman–Crippen MR) is 161 cm³/mol. The Labute approximate surface area is 235 Å². The molecule has 1 N–H and O–H groups in total. The van der Waals surface area contributed by atoms with Gasteiger partial charge in [-0.15, -0.1) is 0 Å². The Balaban J connectivity index is 1.30. The number of aromatic nitrogens is 4. The summed E-state index contributed by atoms with van der Waals surface area (Å²) in [6.07, 6.45) is 9.38. The van der Waals surface area contributed by atoms with Crippen molar-refractivity contribution in [1.82, 2.24) is 24.3 Å². The number of fused-ring (bicyclic) bond motifs is 3. The molecule has 0 radical (unpaired) electrons. The van der Waals surface area contributed by atoms with Gasteiger partial charge in [-0.25, -0.2) is 9.97 Å². The first-order valence-corrected chi connectivity index (χ1v) is 14.4. The van der Waals surface area contributed by atoms with Gasteiger partial charge in [0, 0.05) is 43.1 Å². The van der Waals surface area contributed by atoms with Gasteiger partial charge in [-0.3, -0.25) is 9.30 Å². The number of hydrogen-bond donors (Lipinski definition) is 1. The summed E-state index contributed by atoms with van der Waals surface area (Å²) in [5.74, 6) is 0.776. The average Bonchev–Trinajstić information content (AvgIpc) is 3.65. The molecule has 6 aromatic rings. The third kappa shape index (κ3) is 4.82. The van der Waals surface area contributed by atoms with Gasteiger partial charge in [0.05, 0.1) is 11.7 Å². The van der Waals surface area contributed by atoms with E-state index in [0.717, 1.165) is 42.7 Å². The number of imidazole rings is 1. The van der Waals surface area contributed by atoms with Crippen molar-refractivity contribution >= 4 is 16.8 Å². The van der Waals surface area contributed by atoms with Crippen LogP contribution >= 0.6 is 0 Å². The van der Waals surface area contributed by atoms with E-state index in [-0.39, 0.29) is 0 Å². The smallest absolute Gasteiger partial charge is 0.156 e. The van der Waals surface area contributed by atoms with Crippen LogP contribution in [-0.2, 0) is 13.1 Å². The molecule has 0 aliphatic heterocycles. The van der Waals surface area contributed by atoms with E-state index < -0.39 is 0 Å². The van der Waals surface area contributed by atoms with Gasteiger partial charge in [0.15, 0.2) is 11.3 Å². The van der Waals surface area contributed by atoms with Crippen molar-refractivity contribution < 1.29 is 0 Å². The summed E-state index contributed by atoms with van der Waals surface area (Å²) >= 11 is 0. The van der Waals surface area contributed by atoms with E-state index >= 15 is 0 Å². The molecule has 3 heterocycles. The van der Waals surface area contributed by atoms with E-state index in [2.05, 4.69) is 123 Å². The van der Waals surface area contributed by atoms with Crippen molar-refractivity contribution in [2.75, 3.05) is 0 Å². The lowest BCUT2D eigenvalue weighted by atomic mass is 9.71. The van der Waals surface area contributed by atoms with Crippen molar-refractivity contribution in [3.05, 3.63) is 138 Å². The maximum absolute atomic E-state index is 4.85. The minimum Gasteiger partial charge on any atom is -0.345 e. The molecule has 3 aromatic carbocycles. The molecule has 3 aromatic heterocycles. The Bertz CT molecular complexity index is 1680. The van der Waals surface area contributed by atoms with Crippen LogP contribution in [0.1, 0.15) is 59.0 Å². The summed E-state index contributed by atoms with van der Waals surface area (Å²) < 4.78 is 2.34. The largest absolute Gasteiger partial charge is 0.345 e. The van der Waals surface area contributed by atoms with Gasteiger partial charge in [-0.05, 0) is 54.9 Å². The zero-order valence-electron chi connectivity index (χ0n) is 22.9. The van der Waals surface area contributed by atoms with Gasteiger partial charge < -0.3 is 4.98 Å². The van der Waals surface area contributed by atoms with Crippen molar-refractivity contribution in [1.29, 1.82) is 0 Å². The van der Waals surface area contributed by atoms with Gasteiger partial charge >= 0.3 is 0 Å². The standard InChI is InChI=1S/C35H35N5/c1-25-9-8-14-28(19-25)30-16-15-29(39(23-26-10-4-2-5-11-26)24-27-12-6-3-7-13-27)20-31(30)33-21-37-34-22-38-35-32(40(33)34)17-18-36-35/h2-14,17-19,21-22,29-31,36H,15-16,20,23-24H2,1H3. The second-order valence-corrected chi connectivity index (χ2v) is 11.3. The maximum atomic E-state index is 4.85. The molecular formula is C35H35N5. The van der Waals surface area contributed by atoms with E-state index in [0.29, 0.717) is 17.9 Å². The fraction of sp³-hybridized carbons (Fsp3) is 0.257. The maximum Gasteiger partial charge on any atom is 0.156 e. The minimum atomic E-state index is 0.338.